The highest BCUT2D eigenvalue weighted by Crippen LogP contribution is 2.27. The van der Waals surface area contributed by atoms with Crippen molar-refractivity contribution in [1.29, 1.82) is 0 Å². The molecule has 1 aromatic carbocycles. The third-order valence-electron chi connectivity index (χ3n) is 4.07. The minimum atomic E-state index is -0.522. The van der Waals surface area contributed by atoms with E-state index in [9.17, 15) is 9.90 Å². The molecule has 3 N–H and O–H groups in total. The van der Waals surface area contributed by atoms with Crippen LogP contribution < -0.4 is 10.6 Å². The molecule has 0 aromatic heterocycles. The van der Waals surface area contributed by atoms with E-state index in [2.05, 4.69) is 10.6 Å². The van der Waals surface area contributed by atoms with Gasteiger partial charge < -0.3 is 20.5 Å². The van der Waals surface area contributed by atoms with Gasteiger partial charge in [-0.15, -0.1) is 0 Å². The predicted molar refractivity (Wildman–Crippen MR) is 74.2 cm³/mol. The fourth-order valence-corrected chi connectivity index (χ4v) is 2.86. The largest absolute Gasteiger partial charge is 0.391 e. The Hall–Kier alpha value is -1.43. The van der Waals surface area contributed by atoms with Crippen LogP contribution in [0.25, 0.3) is 0 Å². The van der Waals surface area contributed by atoms with Gasteiger partial charge in [-0.05, 0) is 17.5 Å². The van der Waals surface area contributed by atoms with Crippen LogP contribution in [0.15, 0.2) is 24.3 Å². The number of hydrogen-bond acceptors (Lipinski definition) is 4. The molecule has 2 aliphatic rings. The Morgan fingerprint density at radius 3 is 3.05 bits per heavy atom. The molecule has 1 amide bonds. The number of fused-ring (bicyclic) bond motifs is 1. The molecule has 3 atom stereocenters. The van der Waals surface area contributed by atoms with Crippen LogP contribution in [0.1, 0.15) is 17.2 Å². The third-order valence-corrected chi connectivity index (χ3v) is 4.07. The van der Waals surface area contributed by atoms with Gasteiger partial charge in [0.15, 0.2) is 6.10 Å². The maximum atomic E-state index is 12.3. The number of β-amino-alcohol motifs (C(OH)–C–C–N with tert-alkyl or cyclic N) is 1. The molecule has 5 heteroatoms. The standard InChI is InChI=1S/C15H20N2O3/c18-13-9-16-7-11(13)8-17-15(19)14-12-4-2-1-3-10(12)5-6-20-14/h1-4,11,13-14,16,18H,5-9H2,(H,17,19). The van der Waals surface area contributed by atoms with Crippen LogP contribution in [0.4, 0.5) is 0 Å². The van der Waals surface area contributed by atoms with Gasteiger partial charge in [-0.25, -0.2) is 0 Å². The zero-order chi connectivity index (χ0) is 13.9. The Bertz CT molecular complexity index is 492. The lowest BCUT2D eigenvalue weighted by atomic mass is 9.97. The minimum Gasteiger partial charge on any atom is -0.391 e. The van der Waals surface area contributed by atoms with Gasteiger partial charge in [-0.2, -0.15) is 0 Å². The fourth-order valence-electron chi connectivity index (χ4n) is 2.86. The number of aliphatic hydroxyl groups is 1. The second-order valence-electron chi connectivity index (χ2n) is 5.43. The van der Waals surface area contributed by atoms with Crippen molar-refractivity contribution in [3.63, 3.8) is 0 Å². The van der Waals surface area contributed by atoms with Crippen molar-refractivity contribution in [3.8, 4) is 0 Å². The molecule has 1 saturated heterocycles. The topological polar surface area (TPSA) is 70.6 Å². The van der Waals surface area contributed by atoms with E-state index >= 15 is 0 Å². The number of carbonyl (C=O) groups is 1. The molecule has 3 unspecified atom stereocenters. The number of nitrogens with one attached hydrogen (secondary N) is 2. The smallest absolute Gasteiger partial charge is 0.253 e. The van der Waals surface area contributed by atoms with Crippen LogP contribution in [-0.4, -0.2) is 43.4 Å². The van der Waals surface area contributed by atoms with Crippen LogP contribution >= 0.6 is 0 Å². The molecule has 1 fully saturated rings. The Morgan fingerprint density at radius 2 is 2.25 bits per heavy atom. The summed E-state index contributed by atoms with van der Waals surface area (Å²) in [5.74, 6) is -0.0333. The lowest BCUT2D eigenvalue weighted by molar-refractivity contribution is -0.134. The van der Waals surface area contributed by atoms with E-state index < -0.39 is 6.10 Å². The molecule has 20 heavy (non-hydrogen) atoms. The van der Waals surface area contributed by atoms with E-state index in [1.165, 1.54) is 5.56 Å². The van der Waals surface area contributed by atoms with Gasteiger partial charge in [0.05, 0.1) is 12.7 Å². The van der Waals surface area contributed by atoms with Gasteiger partial charge in [0.2, 0.25) is 0 Å². The average molecular weight is 276 g/mol. The van der Waals surface area contributed by atoms with Crippen molar-refractivity contribution >= 4 is 5.91 Å². The van der Waals surface area contributed by atoms with Crippen molar-refractivity contribution in [3.05, 3.63) is 35.4 Å². The van der Waals surface area contributed by atoms with Crippen LogP contribution in [0.2, 0.25) is 0 Å². The highest BCUT2D eigenvalue weighted by Gasteiger charge is 2.29. The fraction of sp³-hybridized carbons (Fsp3) is 0.533. The lowest BCUT2D eigenvalue weighted by Crippen LogP contribution is -2.39. The first-order valence-electron chi connectivity index (χ1n) is 7.11. The van der Waals surface area contributed by atoms with Crippen molar-refractivity contribution in [2.45, 2.75) is 18.6 Å². The summed E-state index contributed by atoms with van der Waals surface area (Å²) in [6, 6.07) is 7.91. The van der Waals surface area contributed by atoms with Gasteiger partial charge in [-0.3, -0.25) is 4.79 Å². The normalized spacial score (nSPS) is 28.9. The van der Waals surface area contributed by atoms with Gasteiger partial charge in [-0.1, -0.05) is 24.3 Å². The van der Waals surface area contributed by atoms with Crippen LogP contribution in [0.3, 0.4) is 0 Å². The van der Waals surface area contributed by atoms with Gasteiger partial charge >= 0.3 is 0 Å². The van der Waals surface area contributed by atoms with Gasteiger partial charge in [0.1, 0.15) is 0 Å². The van der Waals surface area contributed by atoms with Crippen LogP contribution in [0.5, 0.6) is 0 Å². The monoisotopic (exact) mass is 276 g/mol. The number of amides is 1. The summed E-state index contributed by atoms with van der Waals surface area (Å²) >= 11 is 0. The third kappa shape index (κ3) is 2.70. The molecule has 5 nitrogen and oxygen atoms in total. The van der Waals surface area contributed by atoms with Crippen molar-refractivity contribution < 1.29 is 14.6 Å². The summed E-state index contributed by atoms with van der Waals surface area (Å²) in [7, 11) is 0. The first kappa shape index (κ1) is 13.5. The molecule has 1 aromatic rings. The van der Waals surface area contributed by atoms with E-state index in [0.717, 1.165) is 18.5 Å². The molecular formula is C15H20N2O3. The van der Waals surface area contributed by atoms with Crippen molar-refractivity contribution in [2.75, 3.05) is 26.2 Å². The summed E-state index contributed by atoms with van der Waals surface area (Å²) in [5.41, 5.74) is 2.14. The number of ether oxygens (including phenoxy) is 1. The van der Waals surface area contributed by atoms with Gasteiger partial charge in [0, 0.05) is 25.6 Å². The molecule has 108 valence electrons. The first-order chi connectivity index (χ1) is 9.75. The highest BCUT2D eigenvalue weighted by atomic mass is 16.5. The van der Waals surface area contributed by atoms with Crippen molar-refractivity contribution in [2.24, 2.45) is 5.92 Å². The zero-order valence-corrected chi connectivity index (χ0v) is 11.3. The number of rotatable bonds is 3. The molecular weight excluding hydrogens is 256 g/mol. The second-order valence-corrected chi connectivity index (χ2v) is 5.43. The lowest BCUT2D eigenvalue weighted by Gasteiger charge is -2.26. The second kappa shape index (κ2) is 5.91. The molecule has 0 saturated carbocycles. The average Bonchev–Trinajstić information content (AvgIpc) is 2.89. The summed E-state index contributed by atoms with van der Waals surface area (Å²) in [6.07, 6.45) is -0.0492. The Labute approximate surface area is 118 Å². The molecule has 3 rings (SSSR count). The molecule has 0 radical (unpaired) electrons. The van der Waals surface area contributed by atoms with E-state index in [4.69, 9.17) is 4.74 Å². The number of hydrogen-bond donors (Lipinski definition) is 3. The molecule has 0 aliphatic carbocycles. The van der Waals surface area contributed by atoms with E-state index in [0.29, 0.717) is 19.7 Å². The molecule has 0 spiro atoms. The Balaban J connectivity index is 1.63. The predicted octanol–water partition coefficient (Wildman–Crippen LogP) is -0.00310. The van der Waals surface area contributed by atoms with E-state index in [1.807, 2.05) is 24.3 Å². The van der Waals surface area contributed by atoms with Gasteiger partial charge in [0.25, 0.3) is 5.91 Å². The Kier molecular flexibility index (Phi) is 4.00. The van der Waals surface area contributed by atoms with Crippen molar-refractivity contribution in [1.82, 2.24) is 10.6 Å². The zero-order valence-electron chi connectivity index (χ0n) is 11.3. The maximum absolute atomic E-state index is 12.3. The molecule has 0 bridgehead atoms. The molecule has 2 aliphatic heterocycles. The minimum absolute atomic E-state index is 0.0813. The van der Waals surface area contributed by atoms with E-state index in [1.54, 1.807) is 0 Å². The summed E-state index contributed by atoms with van der Waals surface area (Å²) in [6.45, 7) is 2.39. The number of aliphatic hydroxyl groups excluding tert-OH is 1. The summed E-state index contributed by atoms with van der Waals surface area (Å²) in [4.78, 5) is 12.3. The van der Waals surface area contributed by atoms with Crippen LogP contribution in [0, 0.1) is 5.92 Å². The summed E-state index contributed by atoms with van der Waals surface area (Å²) < 4.78 is 5.62. The maximum Gasteiger partial charge on any atom is 0.253 e. The highest BCUT2D eigenvalue weighted by molar-refractivity contribution is 5.82. The van der Waals surface area contributed by atoms with Crippen LogP contribution in [-0.2, 0) is 16.0 Å². The molecule has 2 heterocycles. The Morgan fingerprint density at radius 1 is 1.40 bits per heavy atom. The SMILES string of the molecule is O=C(NCC1CNCC1O)C1OCCc2ccccc21. The quantitative estimate of drug-likeness (QED) is 0.726. The number of benzene rings is 1. The number of carbonyl (C=O) groups excluding carboxylic acids is 1. The van der Waals surface area contributed by atoms with E-state index in [-0.39, 0.29) is 17.9 Å². The summed E-state index contributed by atoms with van der Waals surface area (Å²) in [5, 5.41) is 15.7. The first-order valence-corrected chi connectivity index (χ1v) is 7.11.